The van der Waals surface area contributed by atoms with Gasteiger partial charge in [-0.1, -0.05) is 30.3 Å². The van der Waals surface area contributed by atoms with Crippen molar-refractivity contribution in [2.24, 2.45) is 5.10 Å². The van der Waals surface area contributed by atoms with Crippen molar-refractivity contribution in [1.82, 2.24) is 9.97 Å². The number of fused-ring (bicyclic) bond motifs is 1. The van der Waals surface area contributed by atoms with Crippen molar-refractivity contribution >= 4 is 28.2 Å². The number of ketones is 1. The summed E-state index contributed by atoms with van der Waals surface area (Å²) in [6, 6.07) is 23.0. The monoisotopic (exact) mass is 412 g/mol. The molecule has 0 atom stereocenters. The topological polar surface area (TPSA) is 96.4 Å². The van der Waals surface area contributed by atoms with Crippen molar-refractivity contribution in [2.45, 2.75) is 6.92 Å². The van der Waals surface area contributed by atoms with Crippen LogP contribution in [0.2, 0.25) is 0 Å². The average molecular weight is 412 g/mol. The van der Waals surface area contributed by atoms with Crippen molar-refractivity contribution in [1.29, 1.82) is 0 Å². The molecule has 0 saturated carbocycles. The van der Waals surface area contributed by atoms with Gasteiger partial charge in [0.15, 0.2) is 11.4 Å². The second kappa shape index (κ2) is 9.04. The molecule has 1 heterocycles. The molecule has 2 N–H and O–H groups in total. The molecule has 0 saturated heterocycles. The maximum Gasteiger partial charge on any atom is 0.276 e. The summed E-state index contributed by atoms with van der Waals surface area (Å²) < 4.78 is 5.44. The molecule has 31 heavy (non-hydrogen) atoms. The van der Waals surface area contributed by atoms with Gasteiger partial charge in [-0.15, -0.1) is 0 Å². The molecule has 0 fully saturated rings. The number of benzene rings is 3. The molecule has 0 radical (unpaired) electrons. The highest BCUT2D eigenvalue weighted by Crippen LogP contribution is 2.15. The van der Waals surface area contributed by atoms with Gasteiger partial charge in [0, 0.05) is 5.56 Å². The molecule has 0 bridgehead atoms. The standard InChI is InChI=1S/C24H20N4O3/c1-2-31-18-14-12-16(13-15-18)23(29)21(28-27-17-8-4-3-5-9-17)22-24(30)26-20-11-7-6-10-19(20)25-22/h3-15,27H,2H2,1H3,(H,26,30)/b28-21-. The van der Waals surface area contributed by atoms with E-state index in [4.69, 9.17) is 4.74 Å². The van der Waals surface area contributed by atoms with Crippen molar-refractivity contribution in [3.8, 4) is 5.75 Å². The minimum absolute atomic E-state index is 0.0546. The first kappa shape index (κ1) is 20.0. The number of rotatable bonds is 7. The first-order valence-electron chi connectivity index (χ1n) is 9.81. The van der Waals surface area contributed by atoms with E-state index in [2.05, 4.69) is 20.5 Å². The highest BCUT2D eigenvalue weighted by atomic mass is 16.5. The molecule has 1 aromatic heterocycles. The highest BCUT2D eigenvalue weighted by molar-refractivity contribution is 6.51. The highest BCUT2D eigenvalue weighted by Gasteiger charge is 2.22. The Balaban J connectivity index is 1.78. The molecule has 0 aliphatic rings. The number of nitrogens with one attached hydrogen (secondary N) is 2. The molecular weight excluding hydrogens is 392 g/mol. The molecule has 4 rings (SSSR count). The number of H-pyrrole nitrogens is 1. The molecular formula is C24H20N4O3. The van der Waals surface area contributed by atoms with Crippen LogP contribution in [-0.2, 0) is 0 Å². The van der Waals surface area contributed by atoms with Gasteiger partial charge >= 0.3 is 0 Å². The van der Waals surface area contributed by atoms with Gasteiger partial charge in [-0.05, 0) is 55.5 Å². The zero-order valence-corrected chi connectivity index (χ0v) is 16.8. The van der Waals surface area contributed by atoms with Gasteiger partial charge in [-0.2, -0.15) is 5.10 Å². The van der Waals surface area contributed by atoms with Gasteiger partial charge in [-0.25, -0.2) is 4.98 Å². The number of carbonyl (C=O) groups is 1. The van der Waals surface area contributed by atoms with E-state index in [9.17, 15) is 9.59 Å². The van der Waals surface area contributed by atoms with Crippen LogP contribution >= 0.6 is 0 Å². The van der Waals surface area contributed by atoms with Gasteiger partial charge in [0.05, 0.1) is 23.3 Å². The second-order valence-electron chi connectivity index (χ2n) is 6.66. The number of hydrazone groups is 1. The fraction of sp³-hybridized carbons (Fsp3) is 0.0833. The Hall–Kier alpha value is -4.26. The molecule has 0 amide bonds. The number of ether oxygens (including phenoxy) is 1. The van der Waals surface area contributed by atoms with Crippen molar-refractivity contribution in [3.63, 3.8) is 0 Å². The first-order chi connectivity index (χ1) is 15.2. The van der Waals surface area contributed by atoms with Gasteiger partial charge in [0.2, 0.25) is 5.78 Å². The summed E-state index contributed by atoms with van der Waals surface area (Å²) in [5, 5.41) is 4.27. The zero-order chi connectivity index (χ0) is 21.6. The summed E-state index contributed by atoms with van der Waals surface area (Å²) in [6.07, 6.45) is 0. The summed E-state index contributed by atoms with van der Waals surface area (Å²) in [5.41, 5.74) is 4.41. The fourth-order valence-corrected chi connectivity index (χ4v) is 3.04. The third-order valence-corrected chi connectivity index (χ3v) is 4.54. The maximum atomic E-state index is 13.3. The predicted octanol–water partition coefficient (Wildman–Crippen LogP) is 4.02. The van der Waals surface area contributed by atoms with E-state index in [0.29, 0.717) is 34.6 Å². The lowest BCUT2D eigenvalue weighted by molar-refractivity contribution is 0.106. The second-order valence-corrected chi connectivity index (χ2v) is 6.66. The predicted molar refractivity (Wildman–Crippen MR) is 121 cm³/mol. The quantitative estimate of drug-likeness (QED) is 0.271. The normalized spacial score (nSPS) is 11.3. The Labute approximate surface area is 178 Å². The molecule has 3 aromatic carbocycles. The molecule has 154 valence electrons. The van der Waals surface area contributed by atoms with Crippen LogP contribution in [0.5, 0.6) is 5.75 Å². The van der Waals surface area contributed by atoms with E-state index in [-0.39, 0.29) is 11.4 Å². The summed E-state index contributed by atoms with van der Waals surface area (Å²) in [4.78, 5) is 33.3. The van der Waals surface area contributed by atoms with E-state index in [0.717, 1.165) is 0 Å². The Morgan fingerprint density at radius 2 is 1.71 bits per heavy atom. The maximum absolute atomic E-state index is 13.3. The van der Waals surface area contributed by atoms with Crippen LogP contribution in [0.3, 0.4) is 0 Å². The summed E-state index contributed by atoms with van der Waals surface area (Å²) in [7, 11) is 0. The molecule has 0 aliphatic heterocycles. The van der Waals surface area contributed by atoms with Gasteiger partial charge in [0.25, 0.3) is 5.56 Å². The number of aromatic nitrogens is 2. The number of hydrogen-bond acceptors (Lipinski definition) is 6. The van der Waals surface area contributed by atoms with Crippen molar-refractivity contribution < 1.29 is 9.53 Å². The number of Topliss-reactive ketones (excluding diaryl/α,β-unsaturated/α-hetero) is 1. The lowest BCUT2D eigenvalue weighted by atomic mass is 10.0. The van der Waals surface area contributed by atoms with Gasteiger partial charge in [0.1, 0.15) is 5.75 Å². The smallest absolute Gasteiger partial charge is 0.276 e. The van der Waals surface area contributed by atoms with Gasteiger partial charge in [-0.3, -0.25) is 15.0 Å². The third-order valence-electron chi connectivity index (χ3n) is 4.54. The number of hydrogen-bond donors (Lipinski definition) is 2. The number of nitrogens with zero attached hydrogens (tertiary/aromatic N) is 2. The van der Waals surface area contributed by atoms with Crippen LogP contribution in [0, 0.1) is 0 Å². The van der Waals surface area contributed by atoms with Crippen LogP contribution in [-0.4, -0.2) is 28.1 Å². The molecule has 0 unspecified atom stereocenters. The van der Waals surface area contributed by atoms with Crippen molar-refractivity contribution in [3.05, 3.63) is 100 Å². The minimum Gasteiger partial charge on any atom is -0.494 e. The Bertz CT molecular complexity index is 1300. The van der Waals surface area contributed by atoms with Crippen LogP contribution in [0.25, 0.3) is 11.0 Å². The Morgan fingerprint density at radius 3 is 2.45 bits per heavy atom. The van der Waals surface area contributed by atoms with E-state index in [1.165, 1.54) is 0 Å². The van der Waals surface area contributed by atoms with Crippen molar-refractivity contribution in [2.75, 3.05) is 12.0 Å². The number of para-hydroxylation sites is 3. The summed E-state index contributed by atoms with van der Waals surface area (Å²) in [6.45, 7) is 2.41. The molecule has 7 heteroatoms. The number of aromatic amines is 1. The molecule has 7 nitrogen and oxygen atoms in total. The first-order valence-corrected chi connectivity index (χ1v) is 9.81. The van der Waals surface area contributed by atoms with E-state index >= 15 is 0 Å². The zero-order valence-electron chi connectivity index (χ0n) is 16.8. The number of carbonyl (C=O) groups excluding carboxylic acids is 1. The van der Waals surface area contributed by atoms with Crippen LogP contribution in [0.4, 0.5) is 5.69 Å². The summed E-state index contributed by atoms with van der Waals surface area (Å²) >= 11 is 0. The SMILES string of the molecule is CCOc1ccc(C(=O)/C(=N\Nc2ccccc2)c2nc3ccccc3[nH]c2=O)cc1. The Kier molecular flexibility index (Phi) is 5.84. The molecule has 4 aromatic rings. The third kappa shape index (κ3) is 4.51. The average Bonchev–Trinajstić information content (AvgIpc) is 2.80. The van der Waals surface area contributed by atoms with Crippen LogP contribution in [0.1, 0.15) is 23.0 Å². The lowest BCUT2D eigenvalue weighted by Crippen LogP contribution is -2.27. The van der Waals surface area contributed by atoms with E-state index in [1.54, 1.807) is 54.6 Å². The summed E-state index contributed by atoms with van der Waals surface area (Å²) in [5.74, 6) is 0.224. The minimum atomic E-state index is -0.494. The fourth-order valence-electron chi connectivity index (χ4n) is 3.04. The molecule has 0 aliphatic carbocycles. The van der Waals surface area contributed by atoms with E-state index < -0.39 is 11.3 Å². The molecule has 0 spiro atoms. The van der Waals surface area contributed by atoms with Crippen LogP contribution in [0.15, 0.2) is 88.8 Å². The number of anilines is 1. The lowest BCUT2D eigenvalue weighted by Gasteiger charge is -2.08. The van der Waals surface area contributed by atoms with E-state index in [1.807, 2.05) is 31.2 Å². The largest absolute Gasteiger partial charge is 0.494 e. The van der Waals surface area contributed by atoms with Crippen LogP contribution < -0.4 is 15.7 Å². The Morgan fingerprint density at radius 1 is 1.00 bits per heavy atom. The van der Waals surface area contributed by atoms with Gasteiger partial charge < -0.3 is 9.72 Å².